The van der Waals surface area contributed by atoms with Gasteiger partial charge in [0.15, 0.2) is 0 Å². The molecule has 2 rings (SSSR count). The number of hydrogen-bond donors (Lipinski definition) is 1. The zero-order valence-electron chi connectivity index (χ0n) is 11.1. The van der Waals surface area contributed by atoms with Crippen molar-refractivity contribution in [2.24, 2.45) is 0 Å². The number of nitrogens with one attached hydrogen (secondary N) is 1. The number of hydrogen-bond acceptors (Lipinski definition) is 3. The van der Waals surface area contributed by atoms with Crippen LogP contribution in [0.15, 0.2) is 42.6 Å². The molecule has 0 saturated carbocycles. The maximum absolute atomic E-state index is 12.8. The fourth-order valence-corrected chi connectivity index (χ4v) is 1.86. The van der Waals surface area contributed by atoms with Crippen LogP contribution in [0.2, 0.25) is 0 Å². The summed E-state index contributed by atoms with van der Waals surface area (Å²) in [5, 5.41) is 3.30. The largest absolute Gasteiger partial charge is 0.495 e. The van der Waals surface area contributed by atoms with Gasteiger partial charge in [-0.2, -0.15) is 0 Å². The van der Waals surface area contributed by atoms with Gasteiger partial charge in [0.2, 0.25) is 0 Å². The van der Waals surface area contributed by atoms with Gasteiger partial charge >= 0.3 is 0 Å². The summed E-state index contributed by atoms with van der Waals surface area (Å²) in [4.78, 5) is 4.25. The lowest BCUT2D eigenvalue weighted by atomic mass is 10.1. The van der Waals surface area contributed by atoms with Gasteiger partial charge < -0.3 is 10.1 Å². The summed E-state index contributed by atoms with van der Waals surface area (Å²) >= 11 is 0. The molecule has 0 amide bonds. The lowest BCUT2D eigenvalue weighted by Crippen LogP contribution is -2.18. The van der Waals surface area contributed by atoms with E-state index >= 15 is 0 Å². The minimum absolute atomic E-state index is 0.207. The second-order valence-electron chi connectivity index (χ2n) is 4.46. The van der Waals surface area contributed by atoms with Crippen molar-refractivity contribution in [1.29, 1.82) is 0 Å². The number of halogens is 1. The van der Waals surface area contributed by atoms with Crippen molar-refractivity contribution in [1.82, 2.24) is 4.98 Å². The van der Waals surface area contributed by atoms with E-state index in [4.69, 9.17) is 4.74 Å². The third-order valence-electron chi connectivity index (χ3n) is 2.82. The van der Waals surface area contributed by atoms with E-state index < -0.39 is 0 Å². The highest BCUT2D eigenvalue weighted by Gasteiger charge is 2.05. The number of rotatable bonds is 5. The number of benzene rings is 1. The zero-order chi connectivity index (χ0) is 13.7. The predicted molar refractivity (Wildman–Crippen MR) is 74.0 cm³/mol. The van der Waals surface area contributed by atoms with E-state index in [1.54, 1.807) is 25.4 Å². The van der Waals surface area contributed by atoms with Gasteiger partial charge in [-0.05, 0) is 43.2 Å². The second kappa shape index (κ2) is 6.18. The molecule has 2 aromatic rings. The van der Waals surface area contributed by atoms with Gasteiger partial charge in [-0.3, -0.25) is 0 Å². The Labute approximate surface area is 112 Å². The monoisotopic (exact) mass is 260 g/mol. The first-order valence-electron chi connectivity index (χ1n) is 6.18. The Kier molecular flexibility index (Phi) is 4.34. The van der Waals surface area contributed by atoms with Gasteiger partial charge in [-0.25, -0.2) is 9.37 Å². The Morgan fingerprint density at radius 1 is 1.21 bits per heavy atom. The van der Waals surface area contributed by atoms with Crippen LogP contribution in [0, 0.1) is 5.82 Å². The van der Waals surface area contributed by atoms with Gasteiger partial charge in [0.05, 0.1) is 13.3 Å². The van der Waals surface area contributed by atoms with E-state index in [2.05, 4.69) is 17.2 Å². The average Bonchev–Trinajstić information content (AvgIpc) is 2.42. The minimum Gasteiger partial charge on any atom is -0.495 e. The molecule has 1 heterocycles. The predicted octanol–water partition coefficient (Wildman–Crippen LogP) is 3.27. The van der Waals surface area contributed by atoms with E-state index in [1.165, 1.54) is 12.1 Å². The molecule has 0 radical (unpaired) electrons. The van der Waals surface area contributed by atoms with Crippen molar-refractivity contribution in [3.8, 4) is 5.75 Å². The summed E-state index contributed by atoms with van der Waals surface area (Å²) in [6.07, 6.45) is 2.49. The average molecular weight is 260 g/mol. The molecule has 1 aromatic carbocycles. The van der Waals surface area contributed by atoms with Crippen LogP contribution in [0.3, 0.4) is 0 Å². The number of methoxy groups -OCH3 is 1. The van der Waals surface area contributed by atoms with Gasteiger partial charge in [0.1, 0.15) is 17.4 Å². The van der Waals surface area contributed by atoms with E-state index in [0.717, 1.165) is 23.6 Å². The standard InChI is InChI=1S/C15H17FN2O/c1-11(9-12-3-5-13(16)6-4-12)18-15-8-7-14(19-2)10-17-15/h3-8,10-11H,9H2,1-2H3,(H,17,18). The molecule has 4 heteroatoms. The molecule has 0 spiro atoms. The maximum atomic E-state index is 12.8. The van der Waals surface area contributed by atoms with Gasteiger partial charge in [-0.15, -0.1) is 0 Å². The smallest absolute Gasteiger partial charge is 0.137 e. The van der Waals surface area contributed by atoms with Crippen LogP contribution < -0.4 is 10.1 Å². The molecular weight excluding hydrogens is 243 g/mol. The van der Waals surface area contributed by atoms with Crippen LogP contribution in [0.1, 0.15) is 12.5 Å². The maximum Gasteiger partial charge on any atom is 0.137 e. The first-order valence-corrected chi connectivity index (χ1v) is 6.18. The minimum atomic E-state index is -0.207. The molecule has 0 aliphatic carbocycles. The summed E-state index contributed by atoms with van der Waals surface area (Å²) in [6, 6.07) is 10.5. The number of aromatic nitrogens is 1. The summed E-state index contributed by atoms with van der Waals surface area (Å²) in [6.45, 7) is 2.06. The van der Waals surface area contributed by atoms with E-state index in [0.29, 0.717) is 0 Å². The third-order valence-corrected chi connectivity index (χ3v) is 2.82. The molecule has 0 aliphatic heterocycles. The molecule has 0 bridgehead atoms. The van der Waals surface area contributed by atoms with Gasteiger partial charge in [0, 0.05) is 6.04 Å². The normalized spacial score (nSPS) is 11.9. The van der Waals surface area contributed by atoms with Crippen LogP contribution >= 0.6 is 0 Å². The third kappa shape index (κ3) is 3.95. The summed E-state index contributed by atoms with van der Waals surface area (Å²) < 4.78 is 17.9. The van der Waals surface area contributed by atoms with E-state index in [1.807, 2.05) is 12.1 Å². The molecule has 1 aromatic heterocycles. The van der Waals surface area contributed by atoms with Crippen LogP contribution in [0.5, 0.6) is 5.75 Å². The second-order valence-corrected chi connectivity index (χ2v) is 4.46. The van der Waals surface area contributed by atoms with Crippen LogP contribution in [0.4, 0.5) is 10.2 Å². The number of pyridine rings is 1. The number of ether oxygens (including phenoxy) is 1. The van der Waals surface area contributed by atoms with E-state index in [9.17, 15) is 4.39 Å². The van der Waals surface area contributed by atoms with Crippen molar-refractivity contribution >= 4 is 5.82 Å². The van der Waals surface area contributed by atoms with Crippen molar-refractivity contribution < 1.29 is 9.13 Å². The van der Waals surface area contributed by atoms with Crippen LogP contribution in [-0.2, 0) is 6.42 Å². The number of anilines is 1. The zero-order valence-corrected chi connectivity index (χ0v) is 11.1. The molecule has 0 aliphatic rings. The Hall–Kier alpha value is -2.10. The lowest BCUT2D eigenvalue weighted by Gasteiger charge is -2.14. The topological polar surface area (TPSA) is 34.1 Å². The SMILES string of the molecule is COc1ccc(NC(C)Cc2ccc(F)cc2)nc1. The summed E-state index contributed by atoms with van der Waals surface area (Å²) in [5.41, 5.74) is 1.09. The highest BCUT2D eigenvalue weighted by molar-refractivity contribution is 5.38. The van der Waals surface area contributed by atoms with E-state index in [-0.39, 0.29) is 11.9 Å². The first-order chi connectivity index (χ1) is 9.17. The molecule has 1 N–H and O–H groups in total. The Bertz CT molecular complexity index is 511. The van der Waals surface area contributed by atoms with Crippen LogP contribution in [0.25, 0.3) is 0 Å². The Morgan fingerprint density at radius 3 is 2.53 bits per heavy atom. The first kappa shape index (κ1) is 13.3. The summed E-state index contributed by atoms with van der Waals surface area (Å²) in [5.74, 6) is 1.33. The summed E-state index contributed by atoms with van der Waals surface area (Å²) in [7, 11) is 1.61. The fraction of sp³-hybridized carbons (Fsp3) is 0.267. The lowest BCUT2D eigenvalue weighted by molar-refractivity contribution is 0.413. The number of nitrogens with zero attached hydrogens (tertiary/aromatic N) is 1. The highest BCUT2D eigenvalue weighted by atomic mass is 19.1. The van der Waals surface area contributed by atoms with Crippen molar-refractivity contribution in [2.45, 2.75) is 19.4 Å². The van der Waals surface area contributed by atoms with Crippen molar-refractivity contribution in [3.05, 3.63) is 54.0 Å². The molecule has 1 unspecified atom stereocenters. The quantitative estimate of drug-likeness (QED) is 0.896. The molecule has 1 atom stereocenters. The van der Waals surface area contributed by atoms with Crippen molar-refractivity contribution in [3.63, 3.8) is 0 Å². The highest BCUT2D eigenvalue weighted by Crippen LogP contribution is 2.13. The Balaban J connectivity index is 1.92. The molecule has 19 heavy (non-hydrogen) atoms. The Morgan fingerprint density at radius 2 is 1.95 bits per heavy atom. The molecule has 0 fully saturated rings. The van der Waals surface area contributed by atoms with Gasteiger partial charge in [0.25, 0.3) is 0 Å². The van der Waals surface area contributed by atoms with Gasteiger partial charge in [-0.1, -0.05) is 12.1 Å². The molecule has 100 valence electrons. The molecule has 3 nitrogen and oxygen atoms in total. The van der Waals surface area contributed by atoms with Crippen molar-refractivity contribution in [2.75, 3.05) is 12.4 Å². The van der Waals surface area contributed by atoms with Crippen LogP contribution in [-0.4, -0.2) is 18.1 Å². The molecular formula is C15H17FN2O. The molecule has 0 saturated heterocycles. The fourth-order valence-electron chi connectivity index (χ4n) is 1.86.